The molecule has 0 aliphatic carbocycles. The number of fused-ring (bicyclic) bond motifs is 1. The normalized spacial score (nSPS) is 23.9. The van der Waals surface area contributed by atoms with Crippen LogP contribution >= 0.6 is 11.6 Å². The summed E-state index contributed by atoms with van der Waals surface area (Å²) in [4.78, 5) is 50.6. The van der Waals surface area contributed by atoms with Crippen molar-refractivity contribution in [3.63, 3.8) is 0 Å². The number of halogens is 1. The lowest BCUT2D eigenvalue weighted by Crippen LogP contribution is -2.77. The van der Waals surface area contributed by atoms with Gasteiger partial charge in [-0.3, -0.25) is 18.6 Å². The van der Waals surface area contributed by atoms with E-state index in [9.17, 15) is 23.4 Å². The number of amides is 2. The number of rotatable bonds is 7. The molecular formula is C22H25ClN2O8S. The van der Waals surface area contributed by atoms with Gasteiger partial charge in [0.25, 0.3) is 5.91 Å². The van der Waals surface area contributed by atoms with Crippen LogP contribution in [-0.2, 0) is 39.5 Å². The Hall–Kier alpha value is -2.92. The highest BCUT2D eigenvalue weighted by atomic mass is 35.5. The molecule has 0 aromatic heterocycles. The number of hydrogen-bond donors (Lipinski definition) is 1. The number of β-lactam (4-membered cyclic amide) rings is 1. The van der Waals surface area contributed by atoms with Crippen LogP contribution in [-0.4, -0.2) is 69.5 Å². The van der Waals surface area contributed by atoms with Crippen molar-refractivity contribution in [2.75, 3.05) is 19.2 Å². The first-order chi connectivity index (χ1) is 15.9. The molecule has 2 saturated heterocycles. The summed E-state index contributed by atoms with van der Waals surface area (Å²) in [5.41, 5.74) is -0.554. The summed E-state index contributed by atoms with van der Waals surface area (Å²) in [6.07, 6.45) is 0. The van der Waals surface area contributed by atoms with Crippen LogP contribution in [0.15, 0.2) is 36.4 Å². The number of carbonyl (C=O) groups is 4. The predicted octanol–water partition coefficient (Wildman–Crippen LogP) is 1.15. The molecule has 3 unspecified atom stereocenters. The number of esters is 2. The lowest BCUT2D eigenvalue weighted by molar-refractivity contribution is -0.179. The van der Waals surface area contributed by atoms with E-state index in [0.29, 0.717) is 10.8 Å². The van der Waals surface area contributed by atoms with Crippen molar-refractivity contribution in [3.05, 3.63) is 41.4 Å². The molecule has 2 aliphatic rings. The van der Waals surface area contributed by atoms with Gasteiger partial charge in [0.2, 0.25) is 12.7 Å². The summed E-state index contributed by atoms with van der Waals surface area (Å²) in [5, 5.41) is 2.01. The number of hydrogen-bond acceptors (Lipinski definition) is 8. The molecule has 4 atom stereocenters. The van der Waals surface area contributed by atoms with E-state index in [1.165, 1.54) is 6.07 Å². The van der Waals surface area contributed by atoms with Gasteiger partial charge in [-0.05, 0) is 44.5 Å². The minimum atomic E-state index is -1.59. The Kier molecular flexibility index (Phi) is 7.67. The number of carbonyl (C=O) groups excluding carboxylic acids is 4. The third-order valence-corrected chi connectivity index (χ3v) is 6.98. The Bertz CT molecular complexity index is 1050. The van der Waals surface area contributed by atoms with Crippen molar-refractivity contribution in [2.45, 2.75) is 38.2 Å². The average Bonchev–Trinajstić information content (AvgIpc) is 2.75. The van der Waals surface area contributed by atoms with Gasteiger partial charge in [-0.15, -0.1) is 0 Å². The molecule has 1 aromatic carbocycles. The third kappa shape index (κ3) is 5.58. The predicted molar refractivity (Wildman–Crippen MR) is 122 cm³/mol. The summed E-state index contributed by atoms with van der Waals surface area (Å²) in [7, 11) is -1.59. The maximum Gasteiger partial charge on any atom is 0.336 e. The lowest BCUT2D eigenvalue weighted by Gasteiger charge is -2.52. The maximum absolute atomic E-state index is 12.8. The largest absolute Gasteiger partial charge is 0.484 e. The average molecular weight is 513 g/mol. The maximum atomic E-state index is 12.8. The standard InChI is InChI=1S/C22H25ClN2O8S/c1-12-10-34(30)19-16(24-15(26)9-31-14-7-5-6-13(23)8-14)18(27)25(19)17(12)20(28)32-11-33-21(29)22(2,3)4/h5-8,16-17,19H,1,9-11H2,2-4H3,(H,24,26)/t16?,17?,19-,34?/m1/s1. The van der Waals surface area contributed by atoms with E-state index >= 15 is 0 Å². The molecule has 2 amide bonds. The van der Waals surface area contributed by atoms with E-state index in [1.807, 2.05) is 0 Å². The van der Waals surface area contributed by atoms with Gasteiger partial charge in [-0.25, -0.2) is 4.79 Å². The fourth-order valence-electron chi connectivity index (χ4n) is 3.35. The van der Waals surface area contributed by atoms with Crippen molar-refractivity contribution in [1.29, 1.82) is 0 Å². The molecule has 34 heavy (non-hydrogen) atoms. The second-order valence-corrected chi connectivity index (χ2v) is 10.7. The zero-order chi connectivity index (χ0) is 25.2. The number of ether oxygens (including phenoxy) is 3. The van der Waals surface area contributed by atoms with E-state index in [1.54, 1.807) is 39.0 Å². The smallest absolute Gasteiger partial charge is 0.336 e. The molecule has 3 rings (SSSR count). The van der Waals surface area contributed by atoms with Crippen LogP contribution in [0.4, 0.5) is 0 Å². The first-order valence-corrected chi connectivity index (χ1v) is 12.0. The number of nitrogens with zero attached hydrogens (tertiary/aromatic N) is 1. The van der Waals surface area contributed by atoms with Gasteiger partial charge in [0.05, 0.1) is 16.2 Å². The summed E-state index contributed by atoms with van der Waals surface area (Å²) in [6.45, 7) is 7.67. The zero-order valence-electron chi connectivity index (χ0n) is 18.9. The Labute approximate surface area is 204 Å². The van der Waals surface area contributed by atoms with Crippen molar-refractivity contribution in [3.8, 4) is 5.75 Å². The van der Waals surface area contributed by atoms with E-state index in [-0.39, 0.29) is 17.9 Å². The molecule has 12 heteroatoms. The minimum absolute atomic E-state index is 0.0542. The monoisotopic (exact) mass is 512 g/mol. The summed E-state index contributed by atoms with van der Waals surface area (Å²) in [5.74, 6) is -2.32. The van der Waals surface area contributed by atoms with Crippen molar-refractivity contribution in [1.82, 2.24) is 10.2 Å². The van der Waals surface area contributed by atoms with Crippen LogP contribution < -0.4 is 10.1 Å². The van der Waals surface area contributed by atoms with Crippen LogP contribution in [0.25, 0.3) is 0 Å². The molecule has 0 spiro atoms. The van der Waals surface area contributed by atoms with Gasteiger partial charge in [0, 0.05) is 10.8 Å². The van der Waals surface area contributed by atoms with Gasteiger partial charge < -0.3 is 24.4 Å². The van der Waals surface area contributed by atoms with E-state index in [4.69, 9.17) is 25.8 Å². The molecule has 184 valence electrons. The Morgan fingerprint density at radius 3 is 2.62 bits per heavy atom. The summed E-state index contributed by atoms with van der Waals surface area (Å²) < 4.78 is 27.9. The van der Waals surface area contributed by atoms with Crippen LogP contribution in [0, 0.1) is 5.41 Å². The SMILES string of the molecule is C=C1CS(=O)[C@@H]2C(NC(=O)COc3cccc(Cl)c3)C(=O)N2C1C(=O)OCOC(=O)C(C)(C)C. The van der Waals surface area contributed by atoms with Crippen LogP contribution in [0.2, 0.25) is 5.02 Å². The van der Waals surface area contributed by atoms with E-state index in [2.05, 4.69) is 11.9 Å². The summed E-state index contributed by atoms with van der Waals surface area (Å²) >= 11 is 5.87. The molecule has 2 heterocycles. The summed E-state index contributed by atoms with van der Waals surface area (Å²) in [6, 6.07) is 4.18. The first kappa shape index (κ1) is 25.7. The van der Waals surface area contributed by atoms with Gasteiger partial charge in [-0.1, -0.05) is 24.2 Å². The topological polar surface area (TPSA) is 128 Å². The molecule has 1 aromatic rings. The van der Waals surface area contributed by atoms with Gasteiger partial charge in [0.15, 0.2) is 12.6 Å². The van der Waals surface area contributed by atoms with Crippen molar-refractivity contribution in [2.24, 2.45) is 5.41 Å². The fraction of sp³-hybridized carbons (Fsp3) is 0.455. The number of benzene rings is 1. The highest BCUT2D eigenvalue weighted by Crippen LogP contribution is 2.34. The van der Waals surface area contributed by atoms with Crippen molar-refractivity contribution >= 4 is 46.2 Å². The molecular weight excluding hydrogens is 488 g/mol. The quantitative estimate of drug-likeness (QED) is 0.249. The van der Waals surface area contributed by atoms with Crippen LogP contribution in [0.3, 0.4) is 0 Å². The highest BCUT2D eigenvalue weighted by molar-refractivity contribution is 7.86. The molecule has 2 fully saturated rings. The zero-order valence-corrected chi connectivity index (χ0v) is 20.4. The molecule has 0 saturated carbocycles. The number of nitrogens with one attached hydrogen (secondary N) is 1. The van der Waals surface area contributed by atoms with Gasteiger partial charge in [0.1, 0.15) is 17.2 Å². The molecule has 0 bridgehead atoms. The van der Waals surface area contributed by atoms with Crippen LogP contribution in [0.5, 0.6) is 5.75 Å². The van der Waals surface area contributed by atoms with Crippen LogP contribution in [0.1, 0.15) is 20.8 Å². The Morgan fingerprint density at radius 1 is 1.26 bits per heavy atom. The van der Waals surface area contributed by atoms with Gasteiger partial charge in [-0.2, -0.15) is 0 Å². The molecule has 2 aliphatic heterocycles. The first-order valence-electron chi connectivity index (χ1n) is 10.3. The minimum Gasteiger partial charge on any atom is -0.484 e. The third-order valence-electron chi connectivity index (χ3n) is 5.05. The fourth-order valence-corrected chi connectivity index (χ4v) is 5.19. The Morgan fingerprint density at radius 2 is 1.97 bits per heavy atom. The lowest BCUT2D eigenvalue weighted by atomic mass is 9.98. The highest BCUT2D eigenvalue weighted by Gasteiger charge is 2.59. The van der Waals surface area contributed by atoms with Crippen molar-refractivity contribution < 1.29 is 37.6 Å². The molecule has 1 N–H and O–H groups in total. The molecule has 10 nitrogen and oxygen atoms in total. The van der Waals surface area contributed by atoms with E-state index < -0.39 is 64.2 Å². The second kappa shape index (κ2) is 10.1. The second-order valence-electron chi connectivity index (χ2n) is 8.78. The van der Waals surface area contributed by atoms with Gasteiger partial charge >= 0.3 is 11.9 Å². The Balaban J connectivity index is 1.58. The molecule has 0 radical (unpaired) electrons. The van der Waals surface area contributed by atoms with E-state index in [0.717, 1.165) is 4.90 Å².